The van der Waals surface area contributed by atoms with Crippen molar-refractivity contribution >= 4 is 55.0 Å². The van der Waals surface area contributed by atoms with E-state index in [9.17, 15) is 18.0 Å². The molecule has 0 bridgehead atoms. The van der Waals surface area contributed by atoms with Gasteiger partial charge in [-0.2, -0.15) is 16.8 Å². The van der Waals surface area contributed by atoms with Gasteiger partial charge in [-0.25, -0.2) is 13.2 Å². The van der Waals surface area contributed by atoms with Crippen LogP contribution < -0.4 is 4.80 Å². The van der Waals surface area contributed by atoms with Gasteiger partial charge < -0.3 is 9.30 Å². The predicted molar refractivity (Wildman–Crippen MR) is 133 cm³/mol. The summed E-state index contributed by atoms with van der Waals surface area (Å²) >= 11 is 2.97. The molecule has 1 aromatic heterocycles. The molecular weight excluding hydrogens is 480 g/mol. The van der Waals surface area contributed by atoms with Gasteiger partial charge in [-0.3, -0.25) is 4.79 Å². The van der Waals surface area contributed by atoms with E-state index in [-0.39, 0.29) is 24.5 Å². The van der Waals surface area contributed by atoms with Gasteiger partial charge in [-0.1, -0.05) is 41.7 Å². The van der Waals surface area contributed by atoms with Crippen molar-refractivity contribution in [2.24, 2.45) is 4.99 Å². The summed E-state index contributed by atoms with van der Waals surface area (Å²) in [5.41, 5.74) is 2.00. The van der Waals surface area contributed by atoms with Crippen LogP contribution in [0, 0.1) is 0 Å². The number of nitrogens with zero attached hydrogens (tertiary/aromatic N) is 2. The Kier molecular flexibility index (Phi) is 8.87. The number of esters is 1. The smallest absolute Gasteiger partial charge is 0.338 e. The SMILES string of the molecule is CCOC(=O)c1ccc2c(c1)sc(=NC(=O)CCS(=O)(=O)Cc1ccccc1)n2CCSC. The van der Waals surface area contributed by atoms with Gasteiger partial charge in [0, 0.05) is 18.7 Å². The van der Waals surface area contributed by atoms with E-state index in [1.54, 1.807) is 55.1 Å². The summed E-state index contributed by atoms with van der Waals surface area (Å²) in [6, 6.07) is 14.2. The van der Waals surface area contributed by atoms with Gasteiger partial charge in [0.25, 0.3) is 0 Å². The molecule has 176 valence electrons. The summed E-state index contributed by atoms with van der Waals surface area (Å²) in [5, 5.41) is 0. The van der Waals surface area contributed by atoms with Gasteiger partial charge in [0.05, 0.1) is 33.9 Å². The minimum absolute atomic E-state index is 0.103. The molecule has 10 heteroatoms. The highest BCUT2D eigenvalue weighted by Gasteiger charge is 2.16. The molecule has 0 aliphatic rings. The highest BCUT2D eigenvalue weighted by atomic mass is 32.2. The van der Waals surface area contributed by atoms with Crippen molar-refractivity contribution in [1.29, 1.82) is 0 Å². The molecule has 0 spiro atoms. The number of sulfone groups is 1. The van der Waals surface area contributed by atoms with Crippen LogP contribution in [0.25, 0.3) is 10.2 Å². The highest BCUT2D eigenvalue weighted by Crippen LogP contribution is 2.20. The maximum Gasteiger partial charge on any atom is 0.338 e. The molecule has 0 atom stereocenters. The van der Waals surface area contributed by atoms with Crippen molar-refractivity contribution < 1.29 is 22.7 Å². The van der Waals surface area contributed by atoms with Crippen LogP contribution in [0.3, 0.4) is 0 Å². The number of carbonyl (C=O) groups is 2. The summed E-state index contributed by atoms with van der Waals surface area (Å²) in [7, 11) is -3.43. The number of thioether (sulfide) groups is 1. The van der Waals surface area contributed by atoms with Crippen molar-refractivity contribution in [2.75, 3.05) is 24.4 Å². The second kappa shape index (κ2) is 11.6. The van der Waals surface area contributed by atoms with E-state index in [1.165, 1.54) is 11.3 Å². The van der Waals surface area contributed by atoms with Gasteiger partial charge in [0.15, 0.2) is 14.6 Å². The van der Waals surface area contributed by atoms with Crippen molar-refractivity contribution in [3.8, 4) is 0 Å². The van der Waals surface area contributed by atoms with Gasteiger partial charge in [0.1, 0.15) is 0 Å². The number of amides is 1. The number of aromatic nitrogens is 1. The van der Waals surface area contributed by atoms with Gasteiger partial charge in [0.2, 0.25) is 5.91 Å². The molecule has 0 aliphatic carbocycles. The second-order valence-electron chi connectivity index (χ2n) is 7.27. The number of carbonyl (C=O) groups excluding carboxylic acids is 2. The largest absolute Gasteiger partial charge is 0.462 e. The van der Waals surface area contributed by atoms with Gasteiger partial charge in [-0.05, 0) is 36.9 Å². The maximum atomic E-state index is 12.6. The van der Waals surface area contributed by atoms with E-state index in [2.05, 4.69) is 4.99 Å². The number of benzene rings is 2. The minimum atomic E-state index is -3.43. The quantitative estimate of drug-likeness (QED) is 0.390. The molecule has 0 unspecified atom stereocenters. The van der Waals surface area contributed by atoms with Gasteiger partial charge in [-0.15, -0.1) is 0 Å². The average Bonchev–Trinajstić information content (AvgIpc) is 3.13. The number of fused-ring (bicyclic) bond motifs is 1. The van der Waals surface area contributed by atoms with E-state index in [1.807, 2.05) is 23.0 Å². The van der Waals surface area contributed by atoms with Crippen LogP contribution in [-0.2, 0) is 31.7 Å². The second-order valence-corrected chi connectivity index (χ2v) is 11.4. The third-order valence-corrected chi connectivity index (χ3v) is 8.02. The van der Waals surface area contributed by atoms with Crippen LogP contribution in [0.2, 0.25) is 0 Å². The summed E-state index contributed by atoms with van der Waals surface area (Å²) in [6.45, 7) is 2.68. The van der Waals surface area contributed by atoms with E-state index in [0.717, 1.165) is 16.0 Å². The molecule has 2 aromatic carbocycles. The lowest BCUT2D eigenvalue weighted by Crippen LogP contribution is -2.19. The van der Waals surface area contributed by atoms with E-state index in [0.29, 0.717) is 22.5 Å². The fraction of sp³-hybridized carbons (Fsp3) is 0.348. The molecule has 7 nitrogen and oxygen atoms in total. The molecular formula is C23H26N2O5S3. The lowest BCUT2D eigenvalue weighted by atomic mass is 10.2. The lowest BCUT2D eigenvalue weighted by Gasteiger charge is -2.05. The topological polar surface area (TPSA) is 94.8 Å². The van der Waals surface area contributed by atoms with Crippen LogP contribution in [0.15, 0.2) is 53.5 Å². The molecule has 0 N–H and O–H groups in total. The van der Waals surface area contributed by atoms with E-state index < -0.39 is 21.7 Å². The number of rotatable bonds is 10. The number of thiazole rings is 1. The Hall–Kier alpha value is -2.43. The predicted octanol–water partition coefficient (Wildman–Crippen LogP) is 3.67. The molecule has 0 saturated carbocycles. The highest BCUT2D eigenvalue weighted by molar-refractivity contribution is 7.98. The summed E-state index contributed by atoms with van der Waals surface area (Å²) in [4.78, 5) is 29.3. The van der Waals surface area contributed by atoms with Crippen LogP contribution in [0.1, 0.15) is 29.3 Å². The Bertz CT molecular complexity index is 1290. The standard InChI is InChI=1S/C23H26N2O5S3/c1-3-30-22(27)18-9-10-19-20(15-18)32-23(25(19)12-13-31-2)24-21(26)11-14-33(28,29)16-17-7-5-4-6-8-17/h4-10,15H,3,11-14,16H2,1-2H3. The van der Waals surface area contributed by atoms with Crippen molar-refractivity contribution in [2.45, 2.75) is 25.6 Å². The lowest BCUT2D eigenvalue weighted by molar-refractivity contribution is -0.117. The average molecular weight is 507 g/mol. The molecule has 3 rings (SSSR count). The molecule has 3 aromatic rings. The fourth-order valence-corrected chi connectivity index (χ4v) is 6.01. The fourth-order valence-electron chi connectivity index (χ4n) is 3.20. The number of ether oxygens (including phenoxy) is 1. The Labute approximate surface area is 201 Å². The monoisotopic (exact) mass is 506 g/mol. The Morgan fingerprint density at radius 2 is 1.91 bits per heavy atom. The molecule has 33 heavy (non-hydrogen) atoms. The van der Waals surface area contributed by atoms with E-state index in [4.69, 9.17) is 4.74 Å². The zero-order valence-corrected chi connectivity index (χ0v) is 21.0. The molecule has 0 saturated heterocycles. The molecule has 0 radical (unpaired) electrons. The number of aryl methyl sites for hydroxylation is 1. The summed E-state index contributed by atoms with van der Waals surface area (Å²) in [5.74, 6) is -0.428. The van der Waals surface area contributed by atoms with Crippen LogP contribution >= 0.6 is 23.1 Å². The zero-order valence-electron chi connectivity index (χ0n) is 18.5. The first-order valence-corrected chi connectivity index (χ1v) is 14.5. The van der Waals surface area contributed by atoms with Crippen molar-refractivity contribution in [3.63, 3.8) is 0 Å². The van der Waals surface area contributed by atoms with E-state index >= 15 is 0 Å². The van der Waals surface area contributed by atoms with Crippen LogP contribution in [-0.4, -0.2) is 49.2 Å². The maximum absolute atomic E-state index is 12.6. The molecule has 0 aliphatic heterocycles. The Morgan fingerprint density at radius 1 is 1.15 bits per heavy atom. The first-order valence-electron chi connectivity index (χ1n) is 10.4. The molecule has 1 amide bonds. The Morgan fingerprint density at radius 3 is 2.61 bits per heavy atom. The van der Waals surface area contributed by atoms with Crippen LogP contribution in [0.5, 0.6) is 0 Å². The van der Waals surface area contributed by atoms with Crippen molar-refractivity contribution in [1.82, 2.24) is 4.57 Å². The minimum Gasteiger partial charge on any atom is -0.462 e. The Balaban J connectivity index is 1.83. The molecule has 0 fully saturated rings. The number of hydrogen-bond acceptors (Lipinski definition) is 7. The number of hydrogen-bond donors (Lipinski definition) is 0. The zero-order chi connectivity index (χ0) is 23.8. The first kappa shape index (κ1) is 25.2. The third kappa shape index (κ3) is 7.02. The molecule has 1 heterocycles. The first-order chi connectivity index (χ1) is 15.8. The third-order valence-electron chi connectivity index (χ3n) is 4.79. The van der Waals surface area contributed by atoms with Crippen molar-refractivity contribution in [3.05, 3.63) is 64.5 Å². The summed E-state index contributed by atoms with van der Waals surface area (Å²) < 4.78 is 32.6. The van der Waals surface area contributed by atoms with Gasteiger partial charge >= 0.3 is 5.97 Å². The normalized spacial score (nSPS) is 12.2. The van der Waals surface area contributed by atoms with Crippen LogP contribution in [0.4, 0.5) is 0 Å². The summed E-state index contributed by atoms with van der Waals surface area (Å²) in [6.07, 6.45) is 1.81.